The SMILES string of the molecule is CCOC(=O)Nc1ccc(OC(=O)C2CC2c2cccc(F)c2)cc1. The summed E-state index contributed by atoms with van der Waals surface area (Å²) in [5.74, 6) is -0.488. The van der Waals surface area contributed by atoms with Gasteiger partial charge in [-0.1, -0.05) is 12.1 Å². The van der Waals surface area contributed by atoms with Crippen LogP contribution in [0.2, 0.25) is 0 Å². The van der Waals surface area contributed by atoms with E-state index in [1.807, 2.05) is 6.07 Å². The zero-order valence-electron chi connectivity index (χ0n) is 13.7. The summed E-state index contributed by atoms with van der Waals surface area (Å²) in [7, 11) is 0. The van der Waals surface area contributed by atoms with Gasteiger partial charge >= 0.3 is 12.1 Å². The van der Waals surface area contributed by atoms with Crippen LogP contribution >= 0.6 is 0 Å². The molecule has 0 spiro atoms. The molecule has 5 nitrogen and oxygen atoms in total. The molecule has 0 saturated heterocycles. The van der Waals surface area contributed by atoms with Crippen LogP contribution in [-0.4, -0.2) is 18.7 Å². The van der Waals surface area contributed by atoms with Gasteiger partial charge in [0.15, 0.2) is 0 Å². The van der Waals surface area contributed by atoms with Crippen molar-refractivity contribution in [3.63, 3.8) is 0 Å². The summed E-state index contributed by atoms with van der Waals surface area (Å²) in [5, 5.41) is 2.56. The average molecular weight is 343 g/mol. The minimum Gasteiger partial charge on any atom is -0.450 e. The predicted octanol–water partition coefficient (Wildman–Crippen LogP) is 4.10. The number of hydrogen-bond acceptors (Lipinski definition) is 4. The van der Waals surface area contributed by atoms with Crippen LogP contribution < -0.4 is 10.1 Å². The van der Waals surface area contributed by atoms with Crippen molar-refractivity contribution in [3.05, 3.63) is 59.9 Å². The number of hydrogen-bond donors (Lipinski definition) is 1. The van der Waals surface area contributed by atoms with E-state index in [0.29, 0.717) is 17.9 Å². The maximum atomic E-state index is 13.3. The first kappa shape index (κ1) is 17.0. The number of carbonyl (C=O) groups is 2. The van der Waals surface area contributed by atoms with Crippen molar-refractivity contribution in [1.29, 1.82) is 0 Å². The summed E-state index contributed by atoms with van der Waals surface area (Å²) in [5.41, 5.74) is 1.36. The molecule has 1 aliphatic carbocycles. The third-order valence-electron chi connectivity index (χ3n) is 3.96. The van der Waals surface area contributed by atoms with Gasteiger partial charge in [-0.3, -0.25) is 10.1 Å². The zero-order valence-corrected chi connectivity index (χ0v) is 13.7. The van der Waals surface area contributed by atoms with Crippen molar-refractivity contribution in [2.75, 3.05) is 11.9 Å². The smallest absolute Gasteiger partial charge is 0.411 e. The van der Waals surface area contributed by atoms with Crippen LogP contribution in [0.3, 0.4) is 0 Å². The monoisotopic (exact) mass is 343 g/mol. The molecule has 2 aromatic rings. The predicted molar refractivity (Wildman–Crippen MR) is 90.0 cm³/mol. The number of amides is 1. The molecule has 2 unspecified atom stereocenters. The standard InChI is InChI=1S/C19H18FNO4/c1-2-24-19(23)21-14-6-8-15(9-7-14)25-18(22)17-11-16(17)12-4-3-5-13(20)10-12/h3-10,16-17H,2,11H2,1H3,(H,21,23). The highest BCUT2D eigenvalue weighted by atomic mass is 19.1. The van der Waals surface area contributed by atoms with E-state index < -0.39 is 6.09 Å². The lowest BCUT2D eigenvalue weighted by Crippen LogP contribution is -2.13. The topological polar surface area (TPSA) is 64.6 Å². The summed E-state index contributed by atoms with van der Waals surface area (Å²) < 4.78 is 23.4. The van der Waals surface area contributed by atoms with Crippen molar-refractivity contribution in [1.82, 2.24) is 0 Å². The summed E-state index contributed by atoms with van der Waals surface area (Å²) in [6.07, 6.45) is 0.119. The molecule has 0 heterocycles. The van der Waals surface area contributed by atoms with Crippen LogP contribution in [0.5, 0.6) is 5.75 Å². The molecule has 3 rings (SSSR count). The molecule has 130 valence electrons. The van der Waals surface area contributed by atoms with Crippen molar-refractivity contribution in [2.24, 2.45) is 5.92 Å². The molecule has 1 N–H and O–H groups in total. The summed E-state index contributed by atoms with van der Waals surface area (Å²) >= 11 is 0. The molecule has 0 aromatic heterocycles. The molecule has 1 amide bonds. The molecule has 6 heteroatoms. The van der Waals surface area contributed by atoms with Crippen molar-refractivity contribution in [3.8, 4) is 5.75 Å². The normalized spacial score (nSPS) is 18.3. The van der Waals surface area contributed by atoms with E-state index in [4.69, 9.17) is 9.47 Å². The van der Waals surface area contributed by atoms with Crippen LogP contribution in [0.4, 0.5) is 14.9 Å². The van der Waals surface area contributed by atoms with Gasteiger partial charge in [0, 0.05) is 5.69 Å². The van der Waals surface area contributed by atoms with E-state index in [-0.39, 0.29) is 30.2 Å². The van der Waals surface area contributed by atoms with E-state index >= 15 is 0 Å². The van der Waals surface area contributed by atoms with Gasteiger partial charge < -0.3 is 9.47 Å². The maximum Gasteiger partial charge on any atom is 0.411 e. The van der Waals surface area contributed by atoms with Crippen LogP contribution in [0.15, 0.2) is 48.5 Å². The highest BCUT2D eigenvalue weighted by Gasteiger charge is 2.45. The van der Waals surface area contributed by atoms with Crippen molar-refractivity contribution >= 4 is 17.7 Å². The van der Waals surface area contributed by atoms with Gasteiger partial charge in [0.2, 0.25) is 0 Å². The number of nitrogens with one attached hydrogen (secondary N) is 1. The van der Waals surface area contributed by atoms with Gasteiger partial charge in [0.05, 0.1) is 12.5 Å². The first-order valence-electron chi connectivity index (χ1n) is 8.08. The number of benzene rings is 2. The Morgan fingerprint density at radius 2 is 1.96 bits per heavy atom. The first-order chi connectivity index (χ1) is 12.1. The Balaban J connectivity index is 1.54. The number of ether oxygens (including phenoxy) is 2. The molecular formula is C19H18FNO4. The minimum absolute atomic E-state index is 0.00736. The fraction of sp³-hybridized carbons (Fsp3) is 0.263. The molecule has 1 saturated carbocycles. The molecule has 1 fully saturated rings. The van der Waals surface area contributed by atoms with E-state index in [9.17, 15) is 14.0 Å². The third-order valence-corrected chi connectivity index (χ3v) is 3.96. The van der Waals surface area contributed by atoms with Crippen LogP contribution in [0, 0.1) is 11.7 Å². The van der Waals surface area contributed by atoms with Crippen LogP contribution in [-0.2, 0) is 9.53 Å². The Morgan fingerprint density at radius 1 is 1.20 bits per heavy atom. The quantitative estimate of drug-likeness (QED) is 0.656. The Hall–Kier alpha value is -2.89. The van der Waals surface area contributed by atoms with Gasteiger partial charge in [-0.2, -0.15) is 0 Å². The fourth-order valence-electron chi connectivity index (χ4n) is 2.64. The second-order valence-electron chi connectivity index (χ2n) is 5.79. The van der Waals surface area contributed by atoms with Crippen molar-refractivity contribution < 1.29 is 23.5 Å². The van der Waals surface area contributed by atoms with E-state index in [0.717, 1.165) is 5.56 Å². The molecule has 2 atom stereocenters. The van der Waals surface area contributed by atoms with Crippen LogP contribution in [0.1, 0.15) is 24.8 Å². The molecule has 0 bridgehead atoms. The number of carbonyl (C=O) groups excluding carboxylic acids is 2. The second-order valence-corrected chi connectivity index (χ2v) is 5.79. The molecule has 1 aliphatic rings. The fourth-order valence-corrected chi connectivity index (χ4v) is 2.64. The largest absolute Gasteiger partial charge is 0.450 e. The van der Waals surface area contributed by atoms with E-state index in [2.05, 4.69) is 5.32 Å². The summed E-state index contributed by atoms with van der Waals surface area (Å²) in [4.78, 5) is 23.5. The Kier molecular flexibility index (Phi) is 4.97. The molecule has 25 heavy (non-hydrogen) atoms. The Labute approximate surface area is 144 Å². The van der Waals surface area contributed by atoms with Gasteiger partial charge in [-0.05, 0) is 61.2 Å². The van der Waals surface area contributed by atoms with Crippen LogP contribution in [0.25, 0.3) is 0 Å². The second kappa shape index (κ2) is 7.34. The molecule has 0 aliphatic heterocycles. The number of anilines is 1. The minimum atomic E-state index is -0.539. The molecule has 2 aromatic carbocycles. The average Bonchev–Trinajstić information content (AvgIpc) is 3.38. The highest BCUT2D eigenvalue weighted by Crippen LogP contribution is 2.48. The third kappa shape index (κ3) is 4.35. The van der Waals surface area contributed by atoms with Gasteiger partial charge in [0.1, 0.15) is 11.6 Å². The number of rotatable bonds is 5. The Bertz CT molecular complexity index is 775. The van der Waals surface area contributed by atoms with E-state index in [1.165, 1.54) is 12.1 Å². The maximum absolute atomic E-state index is 13.3. The first-order valence-corrected chi connectivity index (χ1v) is 8.08. The highest BCUT2D eigenvalue weighted by molar-refractivity contribution is 5.85. The lowest BCUT2D eigenvalue weighted by atomic mass is 10.1. The van der Waals surface area contributed by atoms with Crippen molar-refractivity contribution in [2.45, 2.75) is 19.3 Å². The lowest BCUT2D eigenvalue weighted by Gasteiger charge is -2.07. The van der Waals surface area contributed by atoms with Gasteiger partial charge in [-0.25, -0.2) is 9.18 Å². The summed E-state index contributed by atoms with van der Waals surface area (Å²) in [6, 6.07) is 12.7. The zero-order chi connectivity index (χ0) is 17.8. The summed E-state index contributed by atoms with van der Waals surface area (Å²) in [6.45, 7) is 2.01. The Morgan fingerprint density at radius 3 is 2.64 bits per heavy atom. The number of halogens is 1. The van der Waals surface area contributed by atoms with Gasteiger partial charge in [0.25, 0.3) is 0 Å². The molecule has 0 radical (unpaired) electrons. The lowest BCUT2D eigenvalue weighted by molar-refractivity contribution is -0.135. The molecular weight excluding hydrogens is 325 g/mol. The van der Waals surface area contributed by atoms with E-state index in [1.54, 1.807) is 37.3 Å². The number of esters is 1. The van der Waals surface area contributed by atoms with Gasteiger partial charge in [-0.15, -0.1) is 0 Å².